The van der Waals surface area contributed by atoms with Gasteiger partial charge in [-0.15, -0.1) is 0 Å². The molecule has 2 atom stereocenters. The summed E-state index contributed by atoms with van der Waals surface area (Å²) in [5.74, 6) is 2.27. The smallest absolute Gasteiger partial charge is 0.246 e. The van der Waals surface area contributed by atoms with Crippen molar-refractivity contribution in [3.63, 3.8) is 0 Å². The summed E-state index contributed by atoms with van der Waals surface area (Å²) in [6.07, 6.45) is 2.85. The normalized spacial score (nSPS) is 30.7. The van der Waals surface area contributed by atoms with E-state index in [0.717, 1.165) is 25.6 Å². The molecule has 2 fully saturated rings. The Labute approximate surface area is 101 Å². The van der Waals surface area contributed by atoms with Crippen LogP contribution in [0.25, 0.3) is 0 Å². The van der Waals surface area contributed by atoms with E-state index < -0.39 is 0 Å². The predicted molar refractivity (Wildman–Crippen MR) is 61.5 cm³/mol. The Balaban J connectivity index is 1.79. The molecule has 0 spiro atoms. The minimum atomic E-state index is 0.127. The number of aromatic nitrogens is 2. The fourth-order valence-corrected chi connectivity index (χ4v) is 2.51. The minimum absolute atomic E-state index is 0.127. The highest BCUT2D eigenvalue weighted by Gasteiger charge is 2.37. The summed E-state index contributed by atoms with van der Waals surface area (Å²) in [6.45, 7) is 6.85. The lowest BCUT2D eigenvalue weighted by molar-refractivity contribution is -0.0742. The van der Waals surface area contributed by atoms with Gasteiger partial charge >= 0.3 is 0 Å². The summed E-state index contributed by atoms with van der Waals surface area (Å²) in [6, 6.07) is 0.130. The van der Waals surface area contributed by atoms with Crippen molar-refractivity contribution in [2.24, 2.45) is 5.92 Å². The number of morpholine rings is 1. The van der Waals surface area contributed by atoms with E-state index in [4.69, 9.17) is 9.26 Å². The molecule has 0 amide bonds. The zero-order valence-electron chi connectivity index (χ0n) is 10.4. The maximum absolute atomic E-state index is 5.72. The van der Waals surface area contributed by atoms with Gasteiger partial charge < -0.3 is 9.26 Å². The van der Waals surface area contributed by atoms with Crippen molar-refractivity contribution in [3.05, 3.63) is 11.7 Å². The lowest BCUT2D eigenvalue weighted by atomic mass is 10.1. The topological polar surface area (TPSA) is 51.4 Å². The first-order valence-corrected chi connectivity index (χ1v) is 6.40. The van der Waals surface area contributed by atoms with E-state index in [1.54, 1.807) is 0 Å². The summed E-state index contributed by atoms with van der Waals surface area (Å²) in [5, 5.41) is 3.89. The van der Waals surface area contributed by atoms with Gasteiger partial charge in [-0.3, -0.25) is 4.90 Å². The van der Waals surface area contributed by atoms with E-state index in [1.807, 2.05) is 6.92 Å². The lowest BCUT2D eigenvalue weighted by Gasteiger charge is -2.37. The Bertz CT molecular complexity index is 389. The second kappa shape index (κ2) is 4.38. The van der Waals surface area contributed by atoms with Crippen LogP contribution in [0.15, 0.2) is 4.52 Å². The van der Waals surface area contributed by atoms with Crippen molar-refractivity contribution in [2.75, 3.05) is 19.7 Å². The minimum Gasteiger partial charge on any atom is -0.375 e. The van der Waals surface area contributed by atoms with E-state index in [1.165, 1.54) is 12.8 Å². The zero-order valence-corrected chi connectivity index (χ0v) is 10.4. The van der Waals surface area contributed by atoms with Crippen LogP contribution in [0.2, 0.25) is 0 Å². The number of rotatable bonds is 3. The maximum atomic E-state index is 5.72. The standard InChI is InChI=1S/C12H19N3O2/c1-8-11(12-13-9(2)14-17-12)15(5-6-16-8)7-10-3-4-10/h8,10-11H,3-7H2,1-2H3/t8-,11+/m1/s1. The van der Waals surface area contributed by atoms with Gasteiger partial charge in [-0.2, -0.15) is 4.98 Å². The molecule has 94 valence electrons. The molecule has 0 radical (unpaired) electrons. The van der Waals surface area contributed by atoms with Gasteiger partial charge in [-0.25, -0.2) is 0 Å². The first kappa shape index (κ1) is 11.2. The average molecular weight is 237 g/mol. The molecule has 1 aromatic rings. The van der Waals surface area contributed by atoms with Gasteiger partial charge in [0.2, 0.25) is 5.89 Å². The Hall–Kier alpha value is -0.940. The SMILES string of the molecule is Cc1noc([C@@H]2[C@@H](C)OCCN2CC2CC2)n1. The molecule has 1 aliphatic carbocycles. The highest BCUT2D eigenvalue weighted by atomic mass is 16.5. The molecule has 0 N–H and O–H groups in total. The predicted octanol–water partition coefficient (Wildman–Crippen LogP) is 1.55. The molecule has 1 saturated carbocycles. The van der Waals surface area contributed by atoms with E-state index in [9.17, 15) is 0 Å². The molecule has 2 heterocycles. The lowest BCUT2D eigenvalue weighted by Crippen LogP contribution is -2.45. The molecule has 0 aromatic carbocycles. The first-order chi connectivity index (χ1) is 8.24. The Morgan fingerprint density at radius 1 is 1.41 bits per heavy atom. The van der Waals surface area contributed by atoms with E-state index in [0.29, 0.717) is 11.7 Å². The van der Waals surface area contributed by atoms with Crippen LogP contribution in [0.4, 0.5) is 0 Å². The third kappa shape index (κ3) is 2.35. The van der Waals surface area contributed by atoms with Crippen molar-refractivity contribution >= 4 is 0 Å². The summed E-state index contributed by atoms with van der Waals surface area (Å²) in [7, 11) is 0. The number of aryl methyl sites for hydroxylation is 1. The van der Waals surface area contributed by atoms with Crippen LogP contribution in [0.1, 0.15) is 37.5 Å². The third-order valence-electron chi connectivity index (χ3n) is 3.58. The van der Waals surface area contributed by atoms with Crippen molar-refractivity contribution < 1.29 is 9.26 Å². The van der Waals surface area contributed by atoms with Gasteiger partial charge in [-0.05, 0) is 32.6 Å². The van der Waals surface area contributed by atoms with Crippen molar-refractivity contribution in [1.82, 2.24) is 15.0 Å². The summed E-state index contributed by atoms with van der Waals surface area (Å²) in [5.41, 5.74) is 0. The zero-order chi connectivity index (χ0) is 11.8. The number of hydrogen-bond donors (Lipinski definition) is 0. The molecule has 5 heteroatoms. The molecular weight excluding hydrogens is 218 g/mol. The monoisotopic (exact) mass is 237 g/mol. The van der Waals surface area contributed by atoms with Crippen LogP contribution in [-0.4, -0.2) is 40.8 Å². The summed E-state index contributed by atoms with van der Waals surface area (Å²) >= 11 is 0. The Morgan fingerprint density at radius 2 is 2.24 bits per heavy atom. The number of hydrogen-bond acceptors (Lipinski definition) is 5. The van der Waals surface area contributed by atoms with Crippen LogP contribution < -0.4 is 0 Å². The molecule has 5 nitrogen and oxygen atoms in total. The van der Waals surface area contributed by atoms with Crippen LogP contribution >= 0.6 is 0 Å². The number of ether oxygens (including phenoxy) is 1. The second-order valence-electron chi connectivity index (χ2n) is 5.14. The fourth-order valence-electron chi connectivity index (χ4n) is 2.51. The van der Waals surface area contributed by atoms with Gasteiger partial charge in [0.05, 0.1) is 12.7 Å². The van der Waals surface area contributed by atoms with Gasteiger partial charge in [0.1, 0.15) is 6.04 Å². The van der Waals surface area contributed by atoms with Gasteiger partial charge in [-0.1, -0.05) is 5.16 Å². The Kier molecular flexibility index (Phi) is 2.88. The molecule has 2 aliphatic rings. The van der Waals surface area contributed by atoms with Crippen LogP contribution in [0, 0.1) is 12.8 Å². The summed E-state index contributed by atoms with van der Waals surface area (Å²) in [4.78, 5) is 6.81. The molecule has 1 aliphatic heterocycles. The number of nitrogens with zero attached hydrogens (tertiary/aromatic N) is 3. The quantitative estimate of drug-likeness (QED) is 0.798. The van der Waals surface area contributed by atoms with Gasteiger partial charge in [0, 0.05) is 13.1 Å². The van der Waals surface area contributed by atoms with Crippen LogP contribution in [0.3, 0.4) is 0 Å². The highest BCUT2D eigenvalue weighted by Crippen LogP contribution is 2.35. The van der Waals surface area contributed by atoms with Crippen molar-refractivity contribution in [2.45, 2.75) is 38.8 Å². The van der Waals surface area contributed by atoms with E-state index in [-0.39, 0.29) is 12.1 Å². The molecule has 0 unspecified atom stereocenters. The van der Waals surface area contributed by atoms with Crippen molar-refractivity contribution in [3.8, 4) is 0 Å². The van der Waals surface area contributed by atoms with Crippen molar-refractivity contribution in [1.29, 1.82) is 0 Å². The molecule has 0 bridgehead atoms. The molecule has 1 saturated heterocycles. The van der Waals surface area contributed by atoms with E-state index >= 15 is 0 Å². The third-order valence-corrected chi connectivity index (χ3v) is 3.58. The highest BCUT2D eigenvalue weighted by molar-refractivity contribution is 4.98. The maximum Gasteiger partial charge on any atom is 0.246 e. The van der Waals surface area contributed by atoms with Crippen LogP contribution in [0.5, 0.6) is 0 Å². The fraction of sp³-hybridized carbons (Fsp3) is 0.833. The van der Waals surface area contributed by atoms with Gasteiger partial charge in [0.25, 0.3) is 0 Å². The molecular formula is C12H19N3O2. The van der Waals surface area contributed by atoms with E-state index in [2.05, 4.69) is 22.0 Å². The average Bonchev–Trinajstić information content (AvgIpc) is 3.00. The molecule has 17 heavy (non-hydrogen) atoms. The van der Waals surface area contributed by atoms with Crippen LogP contribution in [-0.2, 0) is 4.74 Å². The largest absolute Gasteiger partial charge is 0.375 e. The first-order valence-electron chi connectivity index (χ1n) is 6.40. The second-order valence-corrected chi connectivity index (χ2v) is 5.14. The molecule has 1 aromatic heterocycles. The molecule has 3 rings (SSSR count). The van der Waals surface area contributed by atoms with Gasteiger partial charge in [0.15, 0.2) is 5.82 Å². The Morgan fingerprint density at radius 3 is 2.88 bits per heavy atom. The summed E-state index contributed by atoms with van der Waals surface area (Å²) < 4.78 is 11.0.